The molecule has 0 fully saturated rings. The Morgan fingerprint density at radius 1 is 1.42 bits per heavy atom. The number of carboxylic acid groups (broad SMARTS) is 1. The van der Waals surface area contributed by atoms with Gasteiger partial charge in [0.2, 0.25) is 5.91 Å². The maximum atomic E-state index is 11.9. The molecule has 0 saturated heterocycles. The van der Waals surface area contributed by atoms with Gasteiger partial charge in [0.15, 0.2) is 5.69 Å². The second kappa shape index (κ2) is 6.53. The van der Waals surface area contributed by atoms with Crippen molar-refractivity contribution < 1.29 is 14.7 Å². The monoisotopic (exact) mass is 364 g/mol. The fourth-order valence-corrected chi connectivity index (χ4v) is 5.37. The maximum absolute atomic E-state index is 11.9. The second-order valence-corrected chi connectivity index (χ2v) is 8.38. The summed E-state index contributed by atoms with van der Waals surface area (Å²) in [5.41, 5.74) is 2.63. The van der Waals surface area contributed by atoms with Gasteiger partial charge >= 0.3 is 0 Å². The zero-order valence-electron chi connectivity index (χ0n) is 13.5. The van der Waals surface area contributed by atoms with Gasteiger partial charge in [0, 0.05) is 29.6 Å². The Kier molecular flexibility index (Phi) is 4.60. The molecule has 1 aliphatic rings. The van der Waals surface area contributed by atoms with E-state index in [1.807, 2.05) is 25.1 Å². The summed E-state index contributed by atoms with van der Waals surface area (Å²) in [4.78, 5) is 29.1. The van der Waals surface area contributed by atoms with Crippen molar-refractivity contribution in [2.45, 2.75) is 32.4 Å². The molecular formula is C17H17ClN2O3S. The van der Waals surface area contributed by atoms with Crippen molar-refractivity contribution in [1.29, 1.82) is 0 Å². The lowest BCUT2D eigenvalue weighted by molar-refractivity contribution is -0.255. The quantitative estimate of drug-likeness (QED) is 0.785. The summed E-state index contributed by atoms with van der Waals surface area (Å²) in [5, 5.41) is 11.9. The van der Waals surface area contributed by atoms with Gasteiger partial charge in [-0.2, -0.15) is 4.98 Å². The van der Waals surface area contributed by atoms with Gasteiger partial charge in [-0.15, -0.1) is 0 Å². The van der Waals surface area contributed by atoms with Crippen LogP contribution in [-0.4, -0.2) is 23.4 Å². The predicted molar refractivity (Wildman–Crippen MR) is 93.5 cm³/mol. The lowest BCUT2D eigenvalue weighted by atomic mass is 9.99. The van der Waals surface area contributed by atoms with Gasteiger partial charge in [0.1, 0.15) is 5.75 Å². The van der Waals surface area contributed by atoms with Crippen molar-refractivity contribution in [3.63, 3.8) is 0 Å². The number of amides is 1. The zero-order chi connectivity index (χ0) is 17.4. The molecule has 0 spiro atoms. The largest absolute Gasteiger partial charge is 0.543 e. The number of anilines is 1. The van der Waals surface area contributed by atoms with Crippen LogP contribution in [0, 0.1) is 0 Å². The Bertz CT molecular complexity index is 831. The molecule has 3 rings (SSSR count). The van der Waals surface area contributed by atoms with Crippen molar-refractivity contribution in [2.75, 3.05) is 11.4 Å². The number of hydrogen-bond donors (Lipinski definition) is 0. The smallest absolute Gasteiger partial charge is 0.275 e. The van der Waals surface area contributed by atoms with Crippen molar-refractivity contribution in [3.8, 4) is 10.6 Å². The van der Waals surface area contributed by atoms with Gasteiger partial charge in [-0.05, 0) is 49.1 Å². The number of carbonyl (C=O) groups is 2. The van der Waals surface area contributed by atoms with Crippen molar-refractivity contribution in [2.24, 2.45) is 0 Å². The number of benzene rings is 1. The van der Waals surface area contributed by atoms with E-state index in [4.69, 9.17) is 11.6 Å². The third-order valence-electron chi connectivity index (χ3n) is 4.16. The normalized spacial score (nSPS) is 14.5. The molecule has 1 aliphatic heterocycles. The Labute approximate surface area is 147 Å². The van der Waals surface area contributed by atoms with Gasteiger partial charge in [-0.3, -0.25) is 4.79 Å². The van der Waals surface area contributed by atoms with Crippen LogP contribution < -0.4 is 10.0 Å². The highest BCUT2D eigenvalue weighted by atomic mass is 35.5. The number of hydrogen-bond acceptors (Lipinski definition) is 4. The predicted octanol–water partition coefficient (Wildman–Crippen LogP) is 2.83. The molecule has 1 unspecified atom stereocenters. The van der Waals surface area contributed by atoms with E-state index in [2.05, 4.69) is 4.98 Å². The van der Waals surface area contributed by atoms with Gasteiger partial charge < -0.3 is 14.8 Å². The summed E-state index contributed by atoms with van der Waals surface area (Å²) in [6, 6.07) is 5.84. The van der Waals surface area contributed by atoms with E-state index in [0.717, 1.165) is 29.7 Å². The summed E-state index contributed by atoms with van der Waals surface area (Å²) in [7, 11) is -0.570. The lowest BCUT2D eigenvalue weighted by Gasteiger charge is -2.28. The topological polar surface area (TPSA) is 73.3 Å². The molecule has 24 heavy (non-hydrogen) atoms. The molecule has 1 amide bonds. The summed E-state index contributed by atoms with van der Waals surface area (Å²) < 4.78 is 0.244. The van der Waals surface area contributed by atoms with Gasteiger partial charge in [-0.1, -0.05) is 6.07 Å². The molecule has 2 aromatic rings. The average molecular weight is 365 g/mol. The highest BCUT2D eigenvalue weighted by Crippen LogP contribution is 2.44. The molecule has 2 heterocycles. The van der Waals surface area contributed by atoms with Crippen molar-refractivity contribution >= 4 is 39.6 Å². The minimum atomic E-state index is -1.36. The molecule has 0 saturated carbocycles. The fraction of sp³-hybridized carbons (Fsp3) is 0.353. The van der Waals surface area contributed by atoms with E-state index >= 15 is 0 Å². The van der Waals surface area contributed by atoms with E-state index in [-0.39, 0.29) is 15.9 Å². The number of aromatic carboxylic acids is 1. The number of aromatic nitrogens is 1. The molecule has 0 bridgehead atoms. The Hall–Kier alpha value is -1.92. The van der Waals surface area contributed by atoms with E-state index in [1.165, 1.54) is 0 Å². The number of carboxylic acids is 1. The minimum Gasteiger partial charge on any atom is -0.543 e. The second-order valence-electron chi connectivity index (χ2n) is 5.62. The highest BCUT2D eigenvalue weighted by Gasteiger charge is 2.29. The van der Waals surface area contributed by atoms with Gasteiger partial charge in [0.25, 0.3) is 9.34 Å². The molecule has 126 valence electrons. The number of fused-ring (bicyclic) bond motifs is 1. The summed E-state index contributed by atoms with van der Waals surface area (Å²) in [5.74, 6) is -0.686. The third-order valence-corrected chi connectivity index (χ3v) is 6.90. The number of halogens is 1. The number of aryl methyl sites for hydroxylation is 1. The first-order valence-electron chi connectivity index (χ1n) is 7.76. The van der Waals surface area contributed by atoms with Crippen molar-refractivity contribution in [1.82, 2.24) is 4.98 Å². The molecule has 7 heteroatoms. The van der Waals surface area contributed by atoms with E-state index in [9.17, 15) is 14.7 Å². The first-order chi connectivity index (χ1) is 11.4. The zero-order valence-corrected chi connectivity index (χ0v) is 15.0. The van der Waals surface area contributed by atoms with Gasteiger partial charge in [0.05, 0.1) is 11.5 Å². The molecule has 1 aromatic carbocycles. The fourth-order valence-electron chi connectivity index (χ4n) is 3.03. The molecule has 0 radical (unpaired) electrons. The molecular weight excluding hydrogens is 348 g/mol. The van der Waals surface area contributed by atoms with Crippen LogP contribution >= 0.6 is 22.1 Å². The SMILES string of the molecule is CC[s+]1c(-c2ccc3c(c2)N(C(C)=O)CCC3)nc(C(=O)[O-])c1Cl. The van der Waals surface area contributed by atoms with Crippen LogP contribution in [-0.2, 0) is 17.0 Å². The number of carbonyl (C=O) groups excluding carboxylic acids is 2. The van der Waals surface area contributed by atoms with Crippen LogP contribution in [0.2, 0.25) is 4.34 Å². The molecule has 0 N–H and O–H groups in total. The number of nitrogens with zero attached hydrogens (tertiary/aromatic N) is 2. The van der Waals surface area contributed by atoms with E-state index < -0.39 is 16.4 Å². The highest BCUT2D eigenvalue weighted by molar-refractivity contribution is 7.36. The van der Waals surface area contributed by atoms with E-state index in [0.29, 0.717) is 17.3 Å². The standard InChI is InChI=1S/C17H17ClN2O3S/c1-3-24-15(18)14(17(22)23)19-16(24)12-7-6-11-5-4-8-20(10(2)21)13(11)9-12/h6-7,9H,3-5,8H2,1-2H3. The van der Waals surface area contributed by atoms with Crippen LogP contribution in [0.25, 0.3) is 10.6 Å². The van der Waals surface area contributed by atoms with Crippen molar-refractivity contribution in [3.05, 3.63) is 33.8 Å². The molecule has 1 aromatic heterocycles. The number of thiazole rings is 1. The van der Waals surface area contributed by atoms with E-state index in [1.54, 1.807) is 11.8 Å². The minimum absolute atomic E-state index is 0.00235. The Balaban J connectivity index is 2.15. The van der Waals surface area contributed by atoms with Gasteiger partial charge in [-0.25, -0.2) is 0 Å². The maximum Gasteiger partial charge on any atom is 0.275 e. The summed E-state index contributed by atoms with van der Waals surface area (Å²) in [6.45, 7) is 4.19. The third kappa shape index (κ3) is 2.80. The Morgan fingerprint density at radius 3 is 2.79 bits per heavy atom. The van der Waals surface area contributed by atoms with Crippen LogP contribution in [0.3, 0.4) is 0 Å². The molecule has 5 nitrogen and oxygen atoms in total. The van der Waals surface area contributed by atoms with Crippen LogP contribution in [0.15, 0.2) is 18.2 Å². The summed E-state index contributed by atoms with van der Waals surface area (Å²) in [6.07, 6.45) is 1.86. The first-order valence-corrected chi connectivity index (χ1v) is 9.53. The number of rotatable bonds is 3. The molecule has 1 atom stereocenters. The first kappa shape index (κ1) is 16.9. The lowest BCUT2D eigenvalue weighted by Crippen LogP contribution is -2.33. The summed E-state index contributed by atoms with van der Waals surface area (Å²) >= 11 is 6.20. The van der Waals surface area contributed by atoms with Crippen LogP contribution in [0.4, 0.5) is 5.69 Å². The van der Waals surface area contributed by atoms with Crippen LogP contribution in [0.5, 0.6) is 0 Å². The van der Waals surface area contributed by atoms with Crippen LogP contribution in [0.1, 0.15) is 36.3 Å². The molecule has 0 aliphatic carbocycles. The average Bonchev–Trinajstić information content (AvgIpc) is 2.90. The Morgan fingerprint density at radius 2 is 2.17 bits per heavy atom.